The number of aliphatic carboxylic acids is 1. The third kappa shape index (κ3) is 6.10. The largest absolute Gasteiger partial charge is 0.481 e. The summed E-state index contributed by atoms with van der Waals surface area (Å²) in [5, 5.41) is 11.7. The Bertz CT molecular complexity index is 328. The van der Waals surface area contributed by atoms with Crippen molar-refractivity contribution in [2.24, 2.45) is 0 Å². The molecule has 0 saturated carbocycles. The lowest BCUT2D eigenvalue weighted by molar-refractivity contribution is -0.137. The molecule has 0 bridgehead atoms. The summed E-state index contributed by atoms with van der Waals surface area (Å²) in [5.74, 6) is -0.715. The van der Waals surface area contributed by atoms with Crippen molar-refractivity contribution in [1.82, 2.24) is 5.32 Å². The molecule has 3 nitrogen and oxygen atoms in total. The van der Waals surface area contributed by atoms with Crippen molar-refractivity contribution < 1.29 is 9.90 Å². The molecule has 1 aromatic rings. The van der Waals surface area contributed by atoms with Crippen molar-refractivity contribution in [3.63, 3.8) is 0 Å². The Hall–Kier alpha value is -0.580. The Morgan fingerprint density at radius 2 is 2.19 bits per heavy atom. The summed E-state index contributed by atoms with van der Waals surface area (Å²) in [4.78, 5) is 11.5. The number of halogens is 1. The second-order valence-corrected chi connectivity index (χ2v) is 5.36. The van der Waals surface area contributed by atoms with Gasteiger partial charge in [-0.25, -0.2) is 0 Å². The highest BCUT2D eigenvalue weighted by Crippen LogP contribution is 2.21. The van der Waals surface area contributed by atoms with E-state index in [-0.39, 0.29) is 6.42 Å². The zero-order valence-electron chi connectivity index (χ0n) is 9.04. The Kier molecular flexibility index (Phi) is 6.45. The minimum absolute atomic E-state index is 0.266. The lowest BCUT2D eigenvalue weighted by Gasteiger charge is -2.02. The fraction of sp³-hybridized carbons (Fsp3) is 0.545. The molecule has 0 unspecified atom stereocenters. The summed E-state index contributed by atoms with van der Waals surface area (Å²) in [6.45, 7) is 1.80. The van der Waals surface area contributed by atoms with Crippen LogP contribution in [0.2, 0.25) is 4.34 Å². The van der Waals surface area contributed by atoms with Gasteiger partial charge in [-0.2, -0.15) is 0 Å². The first kappa shape index (κ1) is 13.5. The molecule has 0 fully saturated rings. The van der Waals surface area contributed by atoms with E-state index in [1.165, 1.54) is 4.88 Å². The third-order valence-electron chi connectivity index (χ3n) is 2.17. The van der Waals surface area contributed by atoms with E-state index in [0.29, 0.717) is 0 Å². The summed E-state index contributed by atoms with van der Waals surface area (Å²) in [6.07, 6.45) is 2.91. The molecule has 1 rings (SSSR count). The Morgan fingerprint density at radius 1 is 1.38 bits per heavy atom. The summed E-state index contributed by atoms with van der Waals surface area (Å²) >= 11 is 7.42. The van der Waals surface area contributed by atoms with Crippen LogP contribution in [0.4, 0.5) is 0 Å². The van der Waals surface area contributed by atoms with E-state index in [4.69, 9.17) is 16.7 Å². The SMILES string of the molecule is O=C(O)CCCCNCCc1ccc(Cl)s1. The lowest BCUT2D eigenvalue weighted by atomic mass is 10.2. The molecule has 0 spiro atoms. The predicted molar refractivity (Wildman–Crippen MR) is 67.4 cm³/mol. The first-order valence-corrected chi connectivity index (χ1v) is 6.54. The lowest BCUT2D eigenvalue weighted by Crippen LogP contribution is -2.18. The standard InChI is InChI=1S/C11H16ClNO2S/c12-10-5-4-9(16-10)6-8-13-7-2-1-3-11(14)15/h4-5,13H,1-3,6-8H2,(H,14,15). The number of thiophene rings is 1. The molecule has 0 amide bonds. The van der Waals surface area contributed by atoms with E-state index in [1.807, 2.05) is 12.1 Å². The second kappa shape index (κ2) is 7.65. The molecular weight excluding hydrogens is 246 g/mol. The van der Waals surface area contributed by atoms with Crippen molar-refractivity contribution in [3.8, 4) is 0 Å². The summed E-state index contributed by atoms with van der Waals surface area (Å²) in [7, 11) is 0. The van der Waals surface area contributed by atoms with Crippen LogP contribution in [0.1, 0.15) is 24.1 Å². The molecule has 1 heterocycles. The number of rotatable bonds is 8. The molecule has 5 heteroatoms. The number of unbranched alkanes of at least 4 members (excludes halogenated alkanes) is 1. The number of hydrogen-bond donors (Lipinski definition) is 2. The maximum absolute atomic E-state index is 10.2. The maximum atomic E-state index is 10.2. The fourth-order valence-electron chi connectivity index (χ4n) is 1.35. The van der Waals surface area contributed by atoms with E-state index < -0.39 is 5.97 Å². The third-order valence-corrected chi connectivity index (χ3v) is 3.46. The first-order valence-electron chi connectivity index (χ1n) is 5.35. The van der Waals surface area contributed by atoms with E-state index in [2.05, 4.69) is 5.32 Å². The highest BCUT2D eigenvalue weighted by atomic mass is 35.5. The number of carboxylic acid groups (broad SMARTS) is 1. The zero-order chi connectivity index (χ0) is 11.8. The van der Waals surface area contributed by atoms with Gasteiger partial charge >= 0.3 is 5.97 Å². The number of hydrogen-bond acceptors (Lipinski definition) is 3. The molecule has 1 aromatic heterocycles. The number of nitrogens with one attached hydrogen (secondary N) is 1. The Balaban J connectivity index is 1.94. The molecule has 90 valence electrons. The normalized spacial score (nSPS) is 10.6. The van der Waals surface area contributed by atoms with Crippen LogP contribution in [0.5, 0.6) is 0 Å². The zero-order valence-corrected chi connectivity index (χ0v) is 10.6. The molecule has 0 aliphatic heterocycles. The summed E-state index contributed by atoms with van der Waals surface area (Å²) in [6, 6.07) is 3.95. The van der Waals surface area contributed by atoms with Gasteiger partial charge < -0.3 is 10.4 Å². The van der Waals surface area contributed by atoms with Crippen molar-refractivity contribution in [2.75, 3.05) is 13.1 Å². The van der Waals surface area contributed by atoms with Gasteiger partial charge in [-0.1, -0.05) is 11.6 Å². The molecule has 0 aliphatic rings. The molecule has 0 radical (unpaired) electrons. The highest BCUT2D eigenvalue weighted by Gasteiger charge is 1.98. The van der Waals surface area contributed by atoms with Gasteiger partial charge in [0, 0.05) is 11.3 Å². The van der Waals surface area contributed by atoms with Crippen LogP contribution in [-0.4, -0.2) is 24.2 Å². The molecule has 0 saturated heterocycles. The summed E-state index contributed by atoms with van der Waals surface area (Å²) in [5.41, 5.74) is 0. The van der Waals surface area contributed by atoms with E-state index >= 15 is 0 Å². The van der Waals surface area contributed by atoms with Crippen molar-refractivity contribution in [1.29, 1.82) is 0 Å². The van der Waals surface area contributed by atoms with Gasteiger partial charge in [0.25, 0.3) is 0 Å². The van der Waals surface area contributed by atoms with Crippen molar-refractivity contribution in [2.45, 2.75) is 25.7 Å². The Morgan fingerprint density at radius 3 is 2.81 bits per heavy atom. The molecule has 0 aliphatic carbocycles. The predicted octanol–water partition coefficient (Wildman–Crippen LogP) is 2.79. The van der Waals surface area contributed by atoms with E-state index in [9.17, 15) is 4.79 Å². The Labute approximate surface area is 104 Å². The molecule has 16 heavy (non-hydrogen) atoms. The average molecular weight is 262 g/mol. The monoisotopic (exact) mass is 261 g/mol. The van der Waals surface area contributed by atoms with Crippen LogP contribution in [-0.2, 0) is 11.2 Å². The fourth-order valence-corrected chi connectivity index (χ4v) is 2.44. The average Bonchev–Trinajstić information content (AvgIpc) is 2.62. The van der Waals surface area contributed by atoms with Crippen LogP contribution in [0.3, 0.4) is 0 Å². The number of carbonyl (C=O) groups is 1. The first-order chi connectivity index (χ1) is 7.68. The molecule has 0 aromatic carbocycles. The van der Waals surface area contributed by atoms with Crippen LogP contribution in [0, 0.1) is 0 Å². The van der Waals surface area contributed by atoms with Crippen LogP contribution in [0.15, 0.2) is 12.1 Å². The van der Waals surface area contributed by atoms with Crippen molar-refractivity contribution in [3.05, 3.63) is 21.3 Å². The maximum Gasteiger partial charge on any atom is 0.303 e. The van der Waals surface area contributed by atoms with Crippen LogP contribution in [0.25, 0.3) is 0 Å². The van der Waals surface area contributed by atoms with Crippen molar-refractivity contribution >= 4 is 28.9 Å². The topological polar surface area (TPSA) is 49.3 Å². The van der Waals surface area contributed by atoms with Gasteiger partial charge in [0.15, 0.2) is 0 Å². The van der Waals surface area contributed by atoms with Gasteiger partial charge in [-0.3, -0.25) is 4.79 Å². The highest BCUT2D eigenvalue weighted by molar-refractivity contribution is 7.16. The quantitative estimate of drug-likeness (QED) is 0.708. The van der Waals surface area contributed by atoms with Gasteiger partial charge in [-0.05, 0) is 44.5 Å². The van der Waals surface area contributed by atoms with Gasteiger partial charge in [0.2, 0.25) is 0 Å². The molecule has 2 N–H and O–H groups in total. The van der Waals surface area contributed by atoms with Gasteiger partial charge in [0.1, 0.15) is 0 Å². The second-order valence-electron chi connectivity index (χ2n) is 3.56. The van der Waals surface area contributed by atoms with E-state index in [0.717, 1.165) is 36.7 Å². The van der Waals surface area contributed by atoms with Crippen LogP contribution < -0.4 is 5.32 Å². The van der Waals surface area contributed by atoms with Gasteiger partial charge in [-0.15, -0.1) is 11.3 Å². The smallest absolute Gasteiger partial charge is 0.303 e. The number of carboxylic acids is 1. The van der Waals surface area contributed by atoms with Gasteiger partial charge in [0.05, 0.1) is 4.34 Å². The minimum atomic E-state index is -0.715. The molecular formula is C11H16ClNO2S. The summed E-state index contributed by atoms with van der Waals surface area (Å²) < 4.78 is 0.830. The van der Waals surface area contributed by atoms with E-state index in [1.54, 1.807) is 11.3 Å². The van der Waals surface area contributed by atoms with Crippen LogP contribution >= 0.6 is 22.9 Å². The molecule has 0 atom stereocenters. The minimum Gasteiger partial charge on any atom is -0.481 e.